The van der Waals surface area contributed by atoms with Gasteiger partial charge in [-0.05, 0) is 66.8 Å². The van der Waals surface area contributed by atoms with Gasteiger partial charge in [-0.25, -0.2) is 0 Å². The predicted molar refractivity (Wildman–Crippen MR) is 110 cm³/mol. The fraction of sp³-hybridized carbons (Fsp3) is 0.409. The molecule has 1 aliphatic rings. The van der Waals surface area contributed by atoms with Crippen LogP contribution in [-0.2, 0) is 17.8 Å². The number of ether oxygens (including phenoxy) is 3. The summed E-state index contributed by atoms with van der Waals surface area (Å²) in [6.45, 7) is 3.79. The standard InChI is InChI=1S/C22H26ClNO4/c1-15-11-18(23)6-7-19(15)28-10-4-5-22(25)24-9-8-16-12-20(26-2)21(27-3)13-17(16)14-24/h6-7,11-13H,4-5,8-10,14H2,1-3H3. The number of aryl methyl sites for hydroxylation is 1. The molecule has 0 atom stereocenters. The highest BCUT2D eigenvalue weighted by atomic mass is 35.5. The maximum absolute atomic E-state index is 12.6. The van der Waals surface area contributed by atoms with Crippen molar-refractivity contribution in [3.63, 3.8) is 0 Å². The summed E-state index contributed by atoms with van der Waals surface area (Å²) >= 11 is 5.96. The fourth-order valence-corrected chi connectivity index (χ4v) is 3.66. The van der Waals surface area contributed by atoms with Gasteiger partial charge in [0.05, 0.1) is 20.8 Å². The number of benzene rings is 2. The summed E-state index contributed by atoms with van der Waals surface area (Å²) in [4.78, 5) is 14.5. The summed E-state index contributed by atoms with van der Waals surface area (Å²) in [6, 6.07) is 9.53. The number of carbonyl (C=O) groups is 1. The summed E-state index contributed by atoms with van der Waals surface area (Å²) in [5, 5.41) is 0.694. The minimum Gasteiger partial charge on any atom is -0.493 e. The first kappa shape index (κ1) is 20.3. The Hall–Kier alpha value is -2.40. The number of amides is 1. The molecule has 28 heavy (non-hydrogen) atoms. The summed E-state index contributed by atoms with van der Waals surface area (Å²) in [5.41, 5.74) is 3.32. The summed E-state index contributed by atoms with van der Waals surface area (Å²) in [6.07, 6.45) is 1.97. The van der Waals surface area contributed by atoms with Gasteiger partial charge in [0.25, 0.3) is 0 Å². The average Bonchev–Trinajstić information content (AvgIpc) is 2.70. The Morgan fingerprint density at radius 3 is 2.46 bits per heavy atom. The molecule has 0 saturated heterocycles. The molecule has 1 aliphatic heterocycles. The van der Waals surface area contributed by atoms with Crippen LogP contribution in [0, 0.1) is 6.92 Å². The summed E-state index contributed by atoms with van der Waals surface area (Å²) in [7, 11) is 3.26. The number of hydrogen-bond acceptors (Lipinski definition) is 4. The van der Waals surface area contributed by atoms with Gasteiger partial charge in [0.15, 0.2) is 11.5 Å². The van der Waals surface area contributed by atoms with E-state index in [1.54, 1.807) is 14.2 Å². The van der Waals surface area contributed by atoms with Gasteiger partial charge in [-0.3, -0.25) is 4.79 Å². The first-order valence-corrected chi connectivity index (χ1v) is 9.80. The van der Waals surface area contributed by atoms with E-state index in [-0.39, 0.29) is 5.91 Å². The highest BCUT2D eigenvalue weighted by Gasteiger charge is 2.22. The van der Waals surface area contributed by atoms with Crippen molar-refractivity contribution in [2.75, 3.05) is 27.4 Å². The SMILES string of the molecule is COc1cc2c(cc1OC)CN(C(=O)CCCOc1ccc(Cl)cc1C)CC2. The third-order valence-corrected chi connectivity index (χ3v) is 5.24. The first-order valence-electron chi connectivity index (χ1n) is 9.42. The Balaban J connectivity index is 1.52. The molecule has 0 aromatic heterocycles. The van der Waals surface area contributed by atoms with Gasteiger partial charge in [-0.1, -0.05) is 11.6 Å². The number of carbonyl (C=O) groups excluding carboxylic acids is 1. The normalized spacial score (nSPS) is 13.1. The fourth-order valence-electron chi connectivity index (χ4n) is 3.43. The molecule has 150 valence electrons. The van der Waals surface area contributed by atoms with E-state index in [2.05, 4.69) is 0 Å². The molecule has 0 fully saturated rings. The van der Waals surface area contributed by atoms with Gasteiger partial charge >= 0.3 is 0 Å². The molecule has 2 aromatic rings. The topological polar surface area (TPSA) is 48.0 Å². The van der Waals surface area contributed by atoms with E-state index in [1.165, 1.54) is 5.56 Å². The van der Waals surface area contributed by atoms with Crippen LogP contribution >= 0.6 is 11.6 Å². The van der Waals surface area contributed by atoms with Crippen molar-refractivity contribution in [2.45, 2.75) is 32.7 Å². The lowest BCUT2D eigenvalue weighted by Gasteiger charge is -2.29. The second-order valence-corrected chi connectivity index (χ2v) is 7.34. The Morgan fingerprint density at radius 2 is 1.79 bits per heavy atom. The van der Waals surface area contributed by atoms with Gasteiger partial charge in [-0.2, -0.15) is 0 Å². The lowest BCUT2D eigenvalue weighted by molar-refractivity contribution is -0.132. The van der Waals surface area contributed by atoms with Crippen LogP contribution in [0.3, 0.4) is 0 Å². The zero-order chi connectivity index (χ0) is 20.1. The molecule has 0 aliphatic carbocycles. The molecule has 1 heterocycles. The number of nitrogens with zero attached hydrogens (tertiary/aromatic N) is 1. The Kier molecular flexibility index (Phi) is 6.68. The van der Waals surface area contributed by atoms with Crippen LogP contribution in [0.4, 0.5) is 0 Å². The number of halogens is 1. The van der Waals surface area contributed by atoms with E-state index in [4.69, 9.17) is 25.8 Å². The van der Waals surface area contributed by atoms with Gasteiger partial charge in [0.2, 0.25) is 5.91 Å². The quantitative estimate of drug-likeness (QED) is 0.642. The van der Waals surface area contributed by atoms with Gasteiger partial charge in [0, 0.05) is 24.5 Å². The molecule has 2 aromatic carbocycles. The maximum atomic E-state index is 12.6. The minimum absolute atomic E-state index is 0.150. The minimum atomic E-state index is 0.150. The van der Waals surface area contributed by atoms with Crippen molar-refractivity contribution in [3.05, 3.63) is 52.0 Å². The van der Waals surface area contributed by atoms with Crippen molar-refractivity contribution < 1.29 is 19.0 Å². The summed E-state index contributed by atoms with van der Waals surface area (Å²) in [5.74, 6) is 2.39. The Morgan fingerprint density at radius 1 is 1.07 bits per heavy atom. The van der Waals surface area contributed by atoms with E-state index < -0.39 is 0 Å². The lowest BCUT2D eigenvalue weighted by Crippen LogP contribution is -2.36. The largest absolute Gasteiger partial charge is 0.493 e. The van der Waals surface area contributed by atoms with Gasteiger partial charge in [0.1, 0.15) is 5.75 Å². The van der Waals surface area contributed by atoms with Crippen molar-refractivity contribution in [1.82, 2.24) is 4.90 Å². The molecular weight excluding hydrogens is 378 g/mol. The zero-order valence-electron chi connectivity index (χ0n) is 16.6. The molecule has 5 nitrogen and oxygen atoms in total. The Labute approximate surface area is 171 Å². The first-order chi connectivity index (χ1) is 13.5. The van der Waals surface area contributed by atoms with E-state index >= 15 is 0 Å². The van der Waals surface area contributed by atoms with Crippen LogP contribution in [0.15, 0.2) is 30.3 Å². The van der Waals surface area contributed by atoms with Crippen LogP contribution in [0.1, 0.15) is 29.5 Å². The van der Waals surface area contributed by atoms with Crippen LogP contribution in [0.5, 0.6) is 17.2 Å². The second kappa shape index (κ2) is 9.20. The molecule has 0 radical (unpaired) electrons. The van der Waals surface area contributed by atoms with E-state index in [0.717, 1.165) is 35.6 Å². The van der Waals surface area contributed by atoms with E-state index in [1.807, 2.05) is 42.2 Å². The molecule has 0 saturated carbocycles. The molecule has 6 heteroatoms. The highest BCUT2D eigenvalue weighted by molar-refractivity contribution is 6.30. The third kappa shape index (κ3) is 4.71. The molecule has 1 amide bonds. The van der Waals surface area contributed by atoms with Crippen molar-refractivity contribution in [1.29, 1.82) is 0 Å². The van der Waals surface area contributed by atoms with E-state index in [9.17, 15) is 4.79 Å². The van der Waals surface area contributed by atoms with Gasteiger partial charge < -0.3 is 19.1 Å². The molecule has 0 spiro atoms. The van der Waals surface area contributed by atoms with Gasteiger partial charge in [-0.15, -0.1) is 0 Å². The number of fused-ring (bicyclic) bond motifs is 1. The van der Waals surface area contributed by atoms with Crippen LogP contribution in [0.2, 0.25) is 5.02 Å². The monoisotopic (exact) mass is 403 g/mol. The highest BCUT2D eigenvalue weighted by Crippen LogP contribution is 2.33. The molecule has 0 unspecified atom stereocenters. The van der Waals surface area contributed by atoms with Crippen molar-refractivity contribution >= 4 is 17.5 Å². The molecular formula is C22H26ClNO4. The summed E-state index contributed by atoms with van der Waals surface area (Å²) < 4.78 is 16.5. The maximum Gasteiger partial charge on any atom is 0.223 e. The second-order valence-electron chi connectivity index (χ2n) is 6.90. The predicted octanol–water partition coefficient (Wildman–Crippen LogP) is 4.41. The molecule has 0 N–H and O–H groups in total. The van der Waals surface area contributed by atoms with Crippen LogP contribution < -0.4 is 14.2 Å². The number of rotatable bonds is 7. The average molecular weight is 404 g/mol. The number of hydrogen-bond donors (Lipinski definition) is 0. The van der Waals surface area contributed by atoms with E-state index in [0.29, 0.717) is 36.8 Å². The van der Waals surface area contributed by atoms with Crippen molar-refractivity contribution in [3.8, 4) is 17.2 Å². The van der Waals surface area contributed by atoms with Crippen LogP contribution in [0.25, 0.3) is 0 Å². The lowest BCUT2D eigenvalue weighted by atomic mass is 9.98. The smallest absolute Gasteiger partial charge is 0.223 e. The number of methoxy groups -OCH3 is 2. The molecule has 3 rings (SSSR count). The van der Waals surface area contributed by atoms with Crippen molar-refractivity contribution in [2.24, 2.45) is 0 Å². The third-order valence-electron chi connectivity index (χ3n) is 5.00. The zero-order valence-corrected chi connectivity index (χ0v) is 17.3. The molecule has 0 bridgehead atoms. The van der Waals surface area contributed by atoms with Crippen LogP contribution in [-0.4, -0.2) is 38.2 Å². The Bertz CT molecular complexity index is 853.